The second kappa shape index (κ2) is 7.10. The second-order valence-electron chi connectivity index (χ2n) is 4.60. The van der Waals surface area contributed by atoms with E-state index in [9.17, 15) is 9.90 Å². The predicted octanol–water partition coefficient (Wildman–Crippen LogP) is 4.02. The van der Waals surface area contributed by atoms with Gasteiger partial charge < -0.3 is 5.11 Å². The highest BCUT2D eigenvalue weighted by Crippen LogP contribution is 2.40. The molecule has 0 spiro atoms. The van der Waals surface area contributed by atoms with Crippen LogP contribution in [0.2, 0.25) is 0 Å². The number of rotatable bonds is 5. The molecule has 0 aliphatic heterocycles. The third-order valence-electron chi connectivity index (χ3n) is 3.52. The van der Waals surface area contributed by atoms with Gasteiger partial charge in [0.05, 0.1) is 5.41 Å². The lowest BCUT2D eigenvalue weighted by Gasteiger charge is -2.33. The van der Waals surface area contributed by atoms with Crippen molar-refractivity contribution < 1.29 is 9.90 Å². The molecule has 0 unspecified atom stereocenters. The van der Waals surface area contributed by atoms with Gasteiger partial charge in [0.1, 0.15) is 0 Å². The largest absolute Gasteiger partial charge is 0.481 e. The van der Waals surface area contributed by atoms with Crippen molar-refractivity contribution in [2.75, 3.05) is 0 Å². The van der Waals surface area contributed by atoms with Gasteiger partial charge in [0, 0.05) is 0 Å². The van der Waals surface area contributed by atoms with Crippen LogP contribution in [0.15, 0.2) is 0 Å². The lowest BCUT2D eigenvalue weighted by atomic mass is 9.71. The van der Waals surface area contributed by atoms with Gasteiger partial charge >= 0.3 is 5.97 Å². The Balaban J connectivity index is 0.00000196. The molecule has 2 nitrogen and oxygen atoms in total. The fourth-order valence-electron chi connectivity index (χ4n) is 2.51. The Morgan fingerprint density at radius 3 is 2.27 bits per heavy atom. The average molecular weight is 235 g/mol. The Morgan fingerprint density at radius 1 is 1.20 bits per heavy atom. The molecule has 0 aromatic carbocycles. The fraction of sp³-hybridized carbons (Fsp3) is 0.917. The van der Waals surface area contributed by atoms with Crippen molar-refractivity contribution in [3.05, 3.63) is 0 Å². The molecule has 1 N–H and O–H groups in total. The topological polar surface area (TPSA) is 37.3 Å². The molecule has 0 heterocycles. The number of halogens is 1. The van der Waals surface area contributed by atoms with Crippen molar-refractivity contribution in [3.63, 3.8) is 0 Å². The summed E-state index contributed by atoms with van der Waals surface area (Å²) in [7, 11) is 0. The molecule has 0 radical (unpaired) electrons. The van der Waals surface area contributed by atoms with Crippen LogP contribution in [0.5, 0.6) is 0 Å². The highest BCUT2D eigenvalue weighted by Gasteiger charge is 2.38. The molecule has 0 amide bonds. The van der Waals surface area contributed by atoms with Gasteiger partial charge in [0.25, 0.3) is 0 Å². The van der Waals surface area contributed by atoms with E-state index in [1.54, 1.807) is 0 Å². The molecular weight excluding hydrogens is 212 g/mol. The highest BCUT2D eigenvalue weighted by molar-refractivity contribution is 5.85. The summed E-state index contributed by atoms with van der Waals surface area (Å²) in [6.45, 7) is 2.16. The zero-order valence-electron chi connectivity index (χ0n) is 9.63. The van der Waals surface area contributed by atoms with E-state index in [1.807, 2.05) is 0 Å². The minimum atomic E-state index is -0.548. The molecular formula is C12H23ClO2. The summed E-state index contributed by atoms with van der Waals surface area (Å²) in [5.74, 6) is -0.548. The zero-order valence-corrected chi connectivity index (χ0v) is 10.4. The quantitative estimate of drug-likeness (QED) is 0.730. The maximum atomic E-state index is 11.3. The first kappa shape index (κ1) is 14.8. The Hall–Kier alpha value is -0.240. The van der Waals surface area contributed by atoms with Crippen molar-refractivity contribution in [3.8, 4) is 0 Å². The smallest absolute Gasteiger partial charge is 0.309 e. The van der Waals surface area contributed by atoms with Crippen molar-refractivity contribution in [2.24, 2.45) is 5.41 Å². The van der Waals surface area contributed by atoms with Gasteiger partial charge in [-0.15, -0.1) is 12.4 Å². The molecule has 0 aromatic rings. The van der Waals surface area contributed by atoms with Gasteiger partial charge in [0.2, 0.25) is 0 Å². The third-order valence-corrected chi connectivity index (χ3v) is 3.52. The number of hydrogen-bond donors (Lipinski definition) is 1. The van der Waals surface area contributed by atoms with Gasteiger partial charge in [-0.05, 0) is 19.3 Å². The summed E-state index contributed by atoms with van der Waals surface area (Å²) in [6.07, 6.45) is 9.60. The van der Waals surface area contributed by atoms with Crippen molar-refractivity contribution >= 4 is 18.4 Å². The monoisotopic (exact) mass is 234 g/mol. The molecule has 0 saturated heterocycles. The van der Waals surface area contributed by atoms with E-state index in [0.29, 0.717) is 0 Å². The SMILES string of the molecule is CCCCCC1(C(=O)O)CCCCC1.Cl. The second-order valence-corrected chi connectivity index (χ2v) is 4.60. The van der Waals surface area contributed by atoms with Crippen molar-refractivity contribution in [1.82, 2.24) is 0 Å². The normalized spacial score (nSPS) is 19.3. The van der Waals surface area contributed by atoms with Crippen LogP contribution in [0.1, 0.15) is 64.7 Å². The van der Waals surface area contributed by atoms with Gasteiger partial charge in [0.15, 0.2) is 0 Å². The third kappa shape index (κ3) is 4.02. The Kier molecular flexibility index (Phi) is 6.99. The number of unbranched alkanes of at least 4 members (excludes halogenated alkanes) is 2. The first-order valence-electron chi connectivity index (χ1n) is 5.95. The van der Waals surface area contributed by atoms with Crippen LogP contribution < -0.4 is 0 Å². The van der Waals surface area contributed by atoms with Gasteiger partial charge in [-0.2, -0.15) is 0 Å². The molecule has 0 aromatic heterocycles. The summed E-state index contributed by atoms with van der Waals surface area (Å²) >= 11 is 0. The van der Waals surface area contributed by atoms with Crippen LogP contribution in [0.3, 0.4) is 0 Å². The summed E-state index contributed by atoms with van der Waals surface area (Å²) < 4.78 is 0. The maximum absolute atomic E-state index is 11.3. The maximum Gasteiger partial charge on any atom is 0.309 e. The Labute approximate surface area is 98.9 Å². The van der Waals surface area contributed by atoms with E-state index < -0.39 is 5.97 Å². The number of carboxylic acid groups (broad SMARTS) is 1. The standard InChI is InChI=1S/C12H22O2.ClH/c1-2-3-5-8-12(11(13)14)9-6-4-7-10-12;/h2-10H2,1H3,(H,13,14);1H. The van der Waals surface area contributed by atoms with Crippen LogP contribution in [-0.4, -0.2) is 11.1 Å². The van der Waals surface area contributed by atoms with Crippen LogP contribution in [0, 0.1) is 5.41 Å². The number of carboxylic acids is 1. The van der Waals surface area contributed by atoms with Gasteiger partial charge in [-0.25, -0.2) is 0 Å². The Bertz CT molecular complexity index is 186. The molecule has 90 valence electrons. The van der Waals surface area contributed by atoms with Gasteiger partial charge in [-0.3, -0.25) is 4.79 Å². The molecule has 1 rings (SSSR count). The molecule has 0 bridgehead atoms. The van der Waals surface area contributed by atoms with Crippen LogP contribution in [0.4, 0.5) is 0 Å². The summed E-state index contributed by atoms with van der Waals surface area (Å²) in [5.41, 5.74) is -0.354. The van der Waals surface area contributed by atoms with E-state index in [2.05, 4.69) is 6.92 Å². The molecule has 1 aliphatic carbocycles. The lowest BCUT2D eigenvalue weighted by molar-refractivity contribution is -0.151. The first-order valence-corrected chi connectivity index (χ1v) is 5.95. The van der Waals surface area contributed by atoms with Crippen LogP contribution in [0.25, 0.3) is 0 Å². The highest BCUT2D eigenvalue weighted by atomic mass is 35.5. The number of carbonyl (C=O) groups is 1. The Morgan fingerprint density at radius 2 is 1.80 bits per heavy atom. The average Bonchev–Trinajstić information content (AvgIpc) is 2.19. The zero-order chi connectivity index (χ0) is 10.4. The molecule has 3 heteroatoms. The molecule has 1 fully saturated rings. The summed E-state index contributed by atoms with van der Waals surface area (Å²) in [4.78, 5) is 11.3. The fourth-order valence-corrected chi connectivity index (χ4v) is 2.51. The number of aliphatic carboxylic acids is 1. The molecule has 1 aliphatic rings. The predicted molar refractivity (Wildman–Crippen MR) is 64.5 cm³/mol. The van der Waals surface area contributed by atoms with Crippen LogP contribution >= 0.6 is 12.4 Å². The van der Waals surface area contributed by atoms with Gasteiger partial charge in [-0.1, -0.05) is 45.4 Å². The summed E-state index contributed by atoms with van der Waals surface area (Å²) in [5, 5.41) is 9.29. The minimum absolute atomic E-state index is 0. The number of hydrogen-bond acceptors (Lipinski definition) is 1. The molecule has 1 saturated carbocycles. The van der Waals surface area contributed by atoms with E-state index in [0.717, 1.165) is 38.5 Å². The molecule has 0 atom stereocenters. The van der Waals surface area contributed by atoms with E-state index in [-0.39, 0.29) is 17.8 Å². The van der Waals surface area contributed by atoms with Crippen molar-refractivity contribution in [2.45, 2.75) is 64.7 Å². The first-order chi connectivity index (χ1) is 6.71. The van der Waals surface area contributed by atoms with E-state index >= 15 is 0 Å². The van der Waals surface area contributed by atoms with Crippen LogP contribution in [-0.2, 0) is 4.79 Å². The van der Waals surface area contributed by atoms with E-state index in [4.69, 9.17) is 0 Å². The summed E-state index contributed by atoms with van der Waals surface area (Å²) in [6, 6.07) is 0. The molecule has 15 heavy (non-hydrogen) atoms. The van der Waals surface area contributed by atoms with Crippen molar-refractivity contribution in [1.29, 1.82) is 0 Å². The van der Waals surface area contributed by atoms with E-state index in [1.165, 1.54) is 19.3 Å². The lowest BCUT2D eigenvalue weighted by Crippen LogP contribution is -2.33. The minimum Gasteiger partial charge on any atom is -0.481 e.